The number of carbonyl (C=O) groups is 2. The molecule has 0 N–H and O–H groups in total. The molecule has 0 radical (unpaired) electrons. The van der Waals surface area contributed by atoms with Crippen LogP contribution in [0.2, 0.25) is 0 Å². The molecule has 0 spiro atoms. The number of rotatable bonds is 5. The van der Waals surface area contributed by atoms with Gasteiger partial charge in [0, 0.05) is 32.1 Å². The maximum atomic E-state index is 12.7. The molecule has 1 atom stereocenters. The Bertz CT molecular complexity index is 571. The zero-order valence-electron chi connectivity index (χ0n) is 13.5. The molecule has 126 valence electrons. The molecule has 1 unspecified atom stereocenters. The quantitative estimate of drug-likeness (QED) is 0.825. The van der Waals surface area contributed by atoms with Crippen molar-refractivity contribution in [3.63, 3.8) is 0 Å². The van der Waals surface area contributed by atoms with Crippen LogP contribution in [0.4, 0.5) is 0 Å². The molecule has 23 heavy (non-hydrogen) atoms. The van der Waals surface area contributed by atoms with E-state index in [0.29, 0.717) is 26.1 Å². The van der Waals surface area contributed by atoms with Gasteiger partial charge in [0.2, 0.25) is 5.91 Å². The average Bonchev–Trinajstić information content (AvgIpc) is 3.18. The number of aromatic nitrogens is 1. The summed E-state index contributed by atoms with van der Waals surface area (Å²) < 4.78 is 10.3. The van der Waals surface area contributed by atoms with Crippen molar-refractivity contribution in [2.24, 2.45) is 0 Å². The zero-order valence-corrected chi connectivity index (χ0v) is 13.5. The van der Waals surface area contributed by atoms with Gasteiger partial charge in [0.05, 0.1) is 6.61 Å². The minimum absolute atomic E-state index is 0.0607. The highest BCUT2D eigenvalue weighted by molar-refractivity contribution is 5.92. The predicted molar refractivity (Wildman–Crippen MR) is 82.2 cm³/mol. The Hall–Kier alpha value is -2.05. The summed E-state index contributed by atoms with van der Waals surface area (Å²) >= 11 is 0. The van der Waals surface area contributed by atoms with Crippen LogP contribution >= 0.6 is 0 Å². The normalized spacial score (nSPS) is 21.8. The van der Waals surface area contributed by atoms with Gasteiger partial charge < -0.3 is 19.0 Å². The van der Waals surface area contributed by atoms with E-state index in [1.807, 2.05) is 16.7 Å². The summed E-state index contributed by atoms with van der Waals surface area (Å²) in [5.41, 5.74) is 0.271. The van der Waals surface area contributed by atoms with Crippen LogP contribution in [0.3, 0.4) is 0 Å². The molecule has 3 rings (SSSR count). The molecule has 2 saturated heterocycles. The van der Waals surface area contributed by atoms with E-state index in [1.165, 1.54) is 6.26 Å². The van der Waals surface area contributed by atoms with Crippen LogP contribution in [-0.2, 0) is 4.79 Å². The van der Waals surface area contributed by atoms with Crippen LogP contribution in [0, 0.1) is 0 Å². The second kappa shape index (κ2) is 7.02. The Morgan fingerprint density at radius 3 is 3.00 bits per heavy atom. The summed E-state index contributed by atoms with van der Waals surface area (Å²) in [5.74, 6) is 0.0547. The number of hydrogen-bond acceptors (Lipinski definition) is 5. The number of oxazole rings is 1. The lowest BCUT2D eigenvalue weighted by molar-refractivity contribution is -0.128. The second-order valence-electron chi connectivity index (χ2n) is 6.02. The minimum Gasteiger partial charge on any atom is -0.450 e. The highest BCUT2D eigenvalue weighted by atomic mass is 16.6. The molecule has 2 amide bonds. The van der Waals surface area contributed by atoms with E-state index >= 15 is 0 Å². The number of nitrogens with zero attached hydrogens (tertiary/aromatic N) is 3. The minimum atomic E-state index is -0.143. The fourth-order valence-corrected chi connectivity index (χ4v) is 3.30. The molecule has 0 aromatic carbocycles. The lowest BCUT2D eigenvalue weighted by atomic mass is 10.0. The molecule has 3 heterocycles. The first kappa shape index (κ1) is 15.8. The Balaban J connectivity index is 1.69. The number of likely N-dealkylation sites (tertiary alicyclic amines) is 2. The highest BCUT2D eigenvalue weighted by Crippen LogP contribution is 2.23. The lowest BCUT2D eigenvalue weighted by Crippen LogP contribution is -2.49. The smallest absolute Gasteiger partial charge is 0.394 e. The van der Waals surface area contributed by atoms with E-state index in [-0.39, 0.29) is 29.6 Å². The first-order valence-electron chi connectivity index (χ1n) is 8.36. The monoisotopic (exact) mass is 321 g/mol. The maximum Gasteiger partial charge on any atom is 0.394 e. The van der Waals surface area contributed by atoms with Crippen molar-refractivity contribution in [2.75, 3.05) is 26.2 Å². The zero-order chi connectivity index (χ0) is 16.2. The van der Waals surface area contributed by atoms with Crippen LogP contribution in [0.25, 0.3) is 0 Å². The molecule has 1 aromatic heterocycles. The molecule has 7 nitrogen and oxygen atoms in total. The van der Waals surface area contributed by atoms with Crippen molar-refractivity contribution in [3.05, 3.63) is 12.0 Å². The third-order valence-electron chi connectivity index (χ3n) is 4.46. The number of amides is 2. The van der Waals surface area contributed by atoms with E-state index in [9.17, 15) is 9.59 Å². The molecule has 2 aliphatic rings. The van der Waals surface area contributed by atoms with Crippen LogP contribution in [0.5, 0.6) is 6.08 Å². The van der Waals surface area contributed by atoms with Crippen molar-refractivity contribution in [3.8, 4) is 6.08 Å². The van der Waals surface area contributed by atoms with Gasteiger partial charge in [-0.25, -0.2) is 0 Å². The van der Waals surface area contributed by atoms with Crippen LogP contribution in [-0.4, -0.2) is 58.9 Å². The number of ether oxygens (including phenoxy) is 1. The molecule has 2 aliphatic heterocycles. The third-order valence-corrected chi connectivity index (χ3v) is 4.46. The first-order valence-corrected chi connectivity index (χ1v) is 8.36. The van der Waals surface area contributed by atoms with Crippen LogP contribution in [0.1, 0.15) is 49.5 Å². The average molecular weight is 321 g/mol. The van der Waals surface area contributed by atoms with Gasteiger partial charge in [0.25, 0.3) is 5.91 Å². The molecule has 1 aromatic rings. The van der Waals surface area contributed by atoms with Crippen molar-refractivity contribution < 1.29 is 18.7 Å². The molecule has 0 aliphatic carbocycles. The van der Waals surface area contributed by atoms with Gasteiger partial charge in [0.1, 0.15) is 6.26 Å². The number of carbonyl (C=O) groups excluding carboxylic acids is 2. The van der Waals surface area contributed by atoms with Gasteiger partial charge in [-0.2, -0.15) is 4.98 Å². The number of hydrogen-bond donors (Lipinski definition) is 0. The fourth-order valence-electron chi connectivity index (χ4n) is 3.30. The summed E-state index contributed by atoms with van der Waals surface area (Å²) in [6.45, 7) is 4.40. The highest BCUT2D eigenvalue weighted by Gasteiger charge is 2.32. The molecule has 0 bridgehead atoms. The fraction of sp³-hybridized carbons (Fsp3) is 0.688. The SMILES string of the molecule is CCOc1nc(C(=O)N2CCCCC2CN2CCCC2=O)co1. The van der Waals surface area contributed by atoms with E-state index in [4.69, 9.17) is 9.15 Å². The van der Waals surface area contributed by atoms with Crippen molar-refractivity contribution in [2.45, 2.75) is 45.1 Å². The Morgan fingerprint density at radius 1 is 1.39 bits per heavy atom. The topological polar surface area (TPSA) is 75.9 Å². The van der Waals surface area contributed by atoms with E-state index < -0.39 is 0 Å². The van der Waals surface area contributed by atoms with E-state index in [1.54, 1.807) is 0 Å². The number of piperidine rings is 1. The van der Waals surface area contributed by atoms with Gasteiger partial charge in [-0.3, -0.25) is 9.59 Å². The van der Waals surface area contributed by atoms with E-state index in [2.05, 4.69) is 4.98 Å². The van der Waals surface area contributed by atoms with Gasteiger partial charge >= 0.3 is 6.08 Å². The largest absolute Gasteiger partial charge is 0.450 e. The second-order valence-corrected chi connectivity index (χ2v) is 6.02. The Labute approximate surface area is 135 Å². The Kier molecular flexibility index (Phi) is 4.83. The van der Waals surface area contributed by atoms with Crippen molar-refractivity contribution >= 4 is 11.8 Å². The Morgan fingerprint density at radius 2 is 2.26 bits per heavy atom. The van der Waals surface area contributed by atoms with Gasteiger partial charge in [-0.15, -0.1) is 0 Å². The summed E-state index contributed by atoms with van der Waals surface area (Å²) in [6.07, 6.45) is 6.00. The van der Waals surface area contributed by atoms with Crippen LogP contribution in [0.15, 0.2) is 10.7 Å². The lowest BCUT2D eigenvalue weighted by Gasteiger charge is -2.37. The summed E-state index contributed by atoms with van der Waals surface area (Å²) in [6, 6.07) is 0.0607. The molecule has 7 heteroatoms. The summed E-state index contributed by atoms with van der Waals surface area (Å²) in [7, 11) is 0. The van der Waals surface area contributed by atoms with Crippen molar-refractivity contribution in [1.29, 1.82) is 0 Å². The molecule has 0 saturated carbocycles. The summed E-state index contributed by atoms with van der Waals surface area (Å²) in [5, 5.41) is 0. The first-order chi connectivity index (χ1) is 11.2. The molecular formula is C16H23N3O4. The predicted octanol–water partition coefficient (Wildman–Crippen LogP) is 1.69. The standard InChI is InChI=1S/C16H23N3O4/c1-2-22-16-17-13(11-23-16)15(21)19-9-4-3-6-12(19)10-18-8-5-7-14(18)20/h11-12H,2-10H2,1H3. The van der Waals surface area contributed by atoms with Gasteiger partial charge in [-0.05, 0) is 32.6 Å². The summed E-state index contributed by atoms with van der Waals surface area (Å²) in [4.78, 5) is 32.4. The molecular weight excluding hydrogens is 298 g/mol. The van der Waals surface area contributed by atoms with E-state index in [0.717, 1.165) is 32.2 Å². The van der Waals surface area contributed by atoms with Crippen LogP contribution < -0.4 is 4.74 Å². The van der Waals surface area contributed by atoms with Gasteiger partial charge in [-0.1, -0.05) is 0 Å². The molecule has 2 fully saturated rings. The van der Waals surface area contributed by atoms with Crippen molar-refractivity contribution in [1.82, 2.24) is 14.8 Å². The van der Waals surface area contributed by atoms with Gasteiger partial charge in [0.15, 0.2) is 5.69 Å². The maximum absolute atomic E-state index is 12.7. The third kappa shape index (κ3) is 3.48.